The van der Waals surface area contributed by atoms with E-state index in [-0.39, 0.29) is 5.57 Å². The molecule has 110 valence electrons. The zero-order valence-electron chi connectivity index (χ0n) is 11.3. The topological polar surface area (TPSA) is 80.7 Å². The number of carbonyl (C=O) groups is 1. The molecule has 0 amide bonds. The molecule has 2 aromatic carbocycles. The molecule has 2 aromatic rings. The lowest BCUT2D eigenvalue weighted by molar-refractivity contribution is -0.130. The van der Waals surface area contributed by atoms with E-state index < -0.39 is 21.3 Å². The first-order chi connectivity index (χ1) is 9.80. The van der Waals surface area contributed by atoms with Gasteiger partial charge in [0.15, 0.2) is 0 Å². The first kappa shape index (κ1) is 15.2. The van der Waals surface area contributed by atoms with Crippen LogP contribution in [0.1, 0.15) is 6.92 Å². The maximum absolute atomic E-state index is 11.9. The smallest absolute Gasteiger partial charge is 0.340 e. The SMILES string of the molecule is C=C(C(=O)Oc1cccc2ccccc12)C(C)S(=O)(=O)O. The molecule has 6 heteroatoms. The second-order valence-electron chi connectivity index (χ2n) is 4.55. The fourth-order valence-corrected chi connectivity index (χ4v) is 2.25. The number of fused-ring (bicyclic) bond motifs is 1. The number of benzene rings is 2. The van der Waals surface area contributed by atoms with Crippen LogP contribution in [0.25, 0.3) is 10.8 Å². The molecule has 0 fully saturated rings. The molecule has 21 heavy (non-hydrogen) atoms. The summed E-state index contributed by atoms with van der Waals surface area (Å²) in [5.74, 6) is -0.585. The van der Waals surface area contributed by atoms with Crippen molar-refractivity contribution in [3.8, 4) is 5.75 Å². The minimum atomic E-state index is -4.38. The number of hydrogen-bond acceptors (Lipinski definition) is 4. The number of rotatable bonds is 4. The molecule has 5 nitrogen and oxygen atoms in total. The second kappa shape index (κ2) is 5.67. The third-order valence-electron chi connectivity index (χ3n) is 3.15. The van der Waals surface area contributed by atoms with Crippen molar-refractivity contribution in [2.45, 2.75) is 12.2 Å². The highest BCUT2D eigenvalue weighted by molar-refractivity contribution is 7.86. The molecule has 0 aliphatic heterocycles. The van der Waals surface area contributed by atoms with Crippen LogP contribution in [0.2, 0.25) is 0 Å². The minimum Gasteiger partial charge on any atom is -0.422 e. The Bertz CT molecular complexity index is 802. The van der Waals surface area contributed by atoms with Gasteiger partial charge in [-0.3, -0.25) is 4.55 Å². The highest BCUT2D eigenvalue weighted by Gasteiger charge is 2.27. The fourth-order valence-electron chi connectivity index (χ4n) is 1.80. The molecule has 0 saturated heterocycles. The maximum Gasteiger partial charge on any atom is 0.340 e. The van der Waals surface area contributed by atoms with E-state index in [1.165, 1.54) is 6.92 Å². The van der Waals surface area contributed by atoms with Gasteiger partial charge in [-0.05, 0) is 18.4 Å². The summed E-state index contributed by atoms with van der Waals surface area (Å²) in [6, 6.07) is 12.5. The quantitative estimate of drug-likeness (QED) is 0.406. The molecule has 2 rings (SSSR count). The summed E-state index contributed by atoms with van der Waals surface area (Å²) >= 11 is 0. The third kappa shape index (κ3) is 3.29. The first-order valence-corrected chi connectivity index (χ1v) is 7.66. The van der Waals surface area contributed by atoms with Crippen LogP contribution < -0.4 is 4.74 Å². The number of ether oxygens (including phenoxy) is 1. The van der Waals surface area contributed by atoms with Crippen molar-refractivity contribution in [1.82, 2.24) is 0 Å². The van der Waals surface area contributed by atoms with E-state index in [4.69, 9.17) is 9.29 Å². The number of hydrogen-bond donors (Lipinski definition) is 1. The predicted octanol–water partition coefficient (Wildman–Crippen LogP) is 2.58. The summed E-state index contributed by atoms with van der Waals surface area (Å²) < 4.78 is 36.2. The van der Waals surface area contributed by atoms with Gasteiger partial charge in [0.25, 0.3) is 10.1 Å². The van der Waals surface area contributed by atoms with Crippen LogP contribution >= 0.6 is 0 Å². The molecule has 1 unspecified atom stereocenters. The van der Waals surface area contributed by atoms with Crippen LogP contribution in [-0.4, -0.2) is 24.2 Å². The average Bonchev–Trinajstić information content (AvgIpc) is 2.45. The van der Waals surface area contributed by atoms with Gasteiger partial charge in [-0.25, -0.2) is 4.79 Å². The standard InChI is InChI=1S/C15H14O5S/c1-10(11(2)21(17,18)19)15(16)20-14-9-5-7-12-6-3-4-8-13(12)14/h3-9,11H,1H2,2H3,(H,17,18,19). The zero-order valence-corrected chi connectivity index (χ0v) is 12.1. The Labute approximate surface area is 122 Å². The Hall–Kier alpha value is -2.18. The second-order valence-corrected chi connectivity index (χ2v) is 6.29. The van der Waals surface area contributed by atoms with E-state index in [1.54, 1.807) is 24.3 Å². The molecular weight excluding hydrogens is 292 g/mol. The molecule has 1 atom stereocenters. The summed E-state index contributed by atoms with van der Waals surface area (Å²) in [5.41, 5.74) is -0.328. The fraction of sp³-hybridized carbons (Fsp3) is 0.133. The van der Waals surface area contributed by atoms with Crippen molar-refractivity contribution in [2.24, 2.45) is 0 Å². The summed E-state index contributed by atoms with van der Waals surface area (Å²) in [5, 5.41) is 0.192. The first-order valence-electron chi connectivity index (χ1n) is 6.15. The van der Waals surface area contributed by atoms with Gasteiger partial charge < -0.3 is 4.74 Å². The highest BCUT2D eigenvalue weighted by Crippen LogP contribution is 2.26. The zero-order chi connectivity index (χ0) is 15.6. The van der Waals surface area contributed by atoms with Gasteiger partial charge in [-0.1, -0.05) is 43.0 Å². The maximum atomic E-state index is 11.9. The summed E-state index contributed by atoms with van der Waals surface area (Å²) in [6.07, 6.45) is 0. The molecule has 0 aliphatic carbocycles. The van der Waals surface area contributed by atoms with E-state index in [1.807, 2.05) is 18.2 Å². The summed E-state index contributed by atoms with van der Waals surface area (Å²) in [7, 11) is -4.38. The Morgan fingerprint density at radius 2 is 1.81 bits per heavy atom. The third-order valence-corrected chi connectivity index (χ3v) is 4.33. The molecule has 0 heterocycles. The van der Waals surface area contributed by atoms with Gasteiger partial charge in [0.1, 0.15) is 11.0 Å². The lowest BCUT2D eigenvalue weighted by atomic mass is 10.1. The summed E-state index contributed by atoms with van der Waals surface area (Å²) in [6.45, 7) is 4.55. The Morgan fingerprint density at radius 3 is 2.48 bits per heavy atom. The van der Waals surface area contributed by atoms with Crippen LogP contribution in [0.3, 0.4) is 0 Å². The van der Waals surface area contributed by atoms with Gasteiger partial charge >= 0.3 is 5.97 Å². The van der Waals surface area contributed by atoms with Crippen LogP contribution in [0.15, 0.2) is 54.6 Å². The van der Waals surface area contributed by atoms with E-state index in [0.717, 1.165) is 10.8 Å². The van der Waals surface area contributed by atoms with Gasteiger partial charge in [0, 0.05) is 5.39 Å². The lowest BCUT2D eigenvalue weighted by Crippen LogP contribution is -2.26. The van der Waals surface area contributed by atoms with Gasteiger partial charge in [-0.15, -0.1) is 0 Å². The monoisotopic (exact) mass is 306 g/mol. The average molecular weight is 306 g/mol. The summed E-state index contributed by atoms with van der Waals surface area (Å²) in [4.78, 5) is 11.9. The molecule has 0 aromatic heterocycles. The largest absolute Gasteiger partial charge is 0.422 e. The van der Waals surface area contributed by atoms with Crippen LogP contribution in [0.4, 0.5) is 0 Å². The molecule has 0 bridgehead atoms. The van der Waals surface area contributed by atoms with E-state index >= 15 is 0 Å². The van der Waals surface area contributed by atoms with Crippen molar-refractivity contribution < 1.29 is 22.5 Å². The van der Waals surface area contributed by atoms with Crippen molar-refractivity contribution in [3.63, 3.8) is 0 Å². The Kier molecular flexibility index (Phi) is 4.11. The van der Waals surface area contributed by atoms with Crippen molar-refractivity contribution >= 4 is 26.9 Å². The van der Waals surface area contributed by atoms with Crippen LogP contribution in [-0.2, 0) is 14.9 Å². The normalized spacial score (nSPS) is 12.9. The molecule has 1 N–H and O–H groups in total. The molecular formula is C15H14O5S. The number of esters is 1. The Balaban J connectivity index is 2.29. The highest BCUT2D eigenvalue weighted by atomic mass is 32.2. The lowest BCUT2D eigenvalue weighted by Gasteiger charge is -2.12. The van der Waals surface area contributed by atoms with Gasteiger partial charge in [0.2, 0.25) is 0 Å². The van der Waals surface area contributed by atoms with Crippen LogP contribution in [0, 0.1) is 0 Å². The van der Waals surface area contributed by atoms with Crippen LogP contribution in [0.5, 0.6) is 5.75 Å². The molecule has 0 saturated carbocycles. The number of carbonyl (C=O) groups excluding carboxylic acids is 1. The van der Waals surface area contributed by atoms with Gasteiger partial charge in [-0.2, -0.15) is 8.42 Å². The van der Waals surface area contributed by atoms with Crippen molar-refractivity contribution in [3.05, 3.63) is 54.6 Å². The van der Waals surface area contributed by atoms with Crippen molar-refractivity contribution in [2.75, 3.05) is 0 Å². The van der Waals surface area contributed by atoms with E-state index in [0.29, 0.717) is 5.75 Å². The minimum absolute atomic E-state index is 0.307. The molecule has 0 aliphatic rings. The van der Waals surface area contributed by atoms with Crippen molar-refractivity contribution in [1.29, 1.82) is 0 Å². The molecule has 0 radical (unpaired) electrons. The molecule has 0 spiro atoms. The van der Waals surface area contributed by atoms with Gasteiger partial charge in [0.05, 0.1) is 5.57 Å². The Morgan fingerprint density at radius 1 is 1.19 bits per heavy atom. The van der Waals surface area contributed by atoms with E-state index in [2.05, 4.69) is 6.58 Å². The predicted molar refractivity (Wildman–Crippen MR) is 79.7 cm³/mol. The van der Waals surface area contributed by atoms with E-state index in [9.17, 15) is 13.2 Å².